The summed E-state index contributed by atoms with van der Waals surface area (Å²) in [6.07, 6.45) is 8.78. The van der Waals surface area contributed by atoms with Crippen LogP contribution in [0, 0.1) is 5.92 Å². The van der Waals surface area contributed by atoms with Gasteiger partial charge >= 0.3 is 0 Å². The zero-order chi connectivity index (χ0) is 19.3. The summed E-state index contributed by atoms with van der Waals surface area (Å²) in [5.41, 5.74) is 2.90. The van der Waals surface area contributed by atoms with Gasteiger partial charge in [-0.1, -0.05) is 19.8 Å². The van der Waals surface area contributed by atoms with E-state index in [1.165, 1.54) is 31.4 Å². The van der Waals surface area contributed by atoms with Crippen molar-refractivity contribution in [3.05, 3.63) is 48.2 Å². The first-order valence-corrected chi connectivity index (χ1v) is 10.6. The second kappa shape index (κ2) is 8.63. The van der Waals surface area contributed by atoms with Crippen LogP contribution in [-0.4, -0.2) is 30.0 Å². The molecular weight excluding hydrogens is 348 g/mol. The van der Waals surface area contributed by atoms with Crippen molar-refractivity contribution >= 4 is 23.1 Å². The number of nitrogens with zero attached hydrogens (tertiary/aromatic N) is 2. The fraction of sp³-hybridized carbons (Fsp3) is 0.478. The topological polar surface area (TPSA) is 57.3 Å². The Morgan fingerprint density at radius 3 is 2.36 bits per heavy atom. The molecule has 5 heteroatoms. The number of carbonyl (C=O) groups is 1. The summed E-state index contributed by atoms with van der Waals surface area (Å²) in [7, 11) is 0. The van der Waals surface area contributed by atoms with Gasteiger partial charge in [0.2, 0.25) is 0 Å². The lowest BCUT2D eigenvalue weighted by Crippen LogP contribution is -2.32. The zero-order valence-electron chi connectivity index (χ0n) is 16.7. The lowest BCUT2D eigenvalue weighted by molar-refractivity contribution is 0.0937. The second-order valence-corrected chi connectivity index (χ2v) is 8.23. The summed E-state index contributed by atoms with van der Waals surface area (Å²) in [5.74, 6) is 1.56. The number of hydrogen-bond donors (Lipinski definition) is 2. The molecule has 1 aromatic heterocycles. The van der Waals surface area contributed by atoms with E-state index in [1.54, 1.807) is 6.20 Å². The highest BCUT2D eigenvalue weighted by Gasteiger charge is 2.18. The number of nitrogens with one attached hydrogen (secondary N) is 2. The first kappa shape index (κ1) is 18.8. The Labute approximate surface area is 167 Å². The molecule has 4 rings (SSSR count). The fourth-order valence-electron chi connectivity index (χ4n) is 4.11. The van der Waals surface area contributed by atoms with Crippen LogP contribution in [0.4, 0.5) is 17.2 Å². The number of pyridine rings is 1. The van der Waals surface area contributed by atoms with Crippen LogP contribution < -0.4 is 15.5 Å². The van der Waals surface area contributed by atoms with Crippen LogP contribution in [0.25, 0.3) is 0 Å². The maximum absolute atomic E-state index is 12.3. The molecular formula is C23H30N4O. The number of aromatic nitrogens is 1. The molecule has 1 saturated heterocycles. The van der Waals surface area contributed by atoms with E-state index in [4.69, 9.17) is 0 Å². The molecule has 148 valence electrons. The molecule has 0 spiro atoms. The van der Waals surface area contributed by atoms with Gasteiger partial charge in [-0.25, -0.2) is 4.98 Å². The Morgan fingerprint density at radius 1 is 1.00 bits per heavy atom. The van der Waals surface area contributed by atoms with E-state index in [2.05, 4.69) is 51.7 Å². The number of hydrogen-bond acceptors (Lipinski definition) is 4. The van der Waals surface area contributed by atoms with Crippen LogP contribution in [0.15, 0.2) is 42.6 Å². The van der Waals surface area contributed by atoms with Gasteiger partial charge in [-0.2, -0.15) is 0 Å². The molecule has 0 unspecified atom stereocenters. The lowest BCUT2D eigenvalue weighted by Gasteiger charge is -2.32. The number of piperidine rings is 1. The molecule has 1 saturated carbocycles. The minimum absolute atomic E-state index is 0.0221. The van der Waals surface area contributed by atoms with E-state index in [0.717, 1.165) is 43.4 Å². The van der Waals surface area contributed by atoms with Crippen molar-refractivity contribution in [1.29, 1.82) is 0 Å². The SMILES string of the molecule is CC1CCN(c2ccc(Nc3ccc(C(=O)NC4CCCC4)cn3)cc2)CC1. The molecule has 28 heavy (non-hydrogen) atoms. The highest BCUT2D eigenvalue weighted by molar-refractivity contribution is 5.94. The van der Waals surface area contributed by atoms with Crippen LogP contribution in [0.3, 0.4) is 0 Å². The van der Waals surface area contributed by atoms with Gasteiger partial charge in [0.25, 0.3) is 5.91 Å². The van der Waals surface area contributed by atoms with Crippen molar-refractivity contribution in [2.45, 2.75) is 51.5 Å². The number of carbonyl (C=O) groups excluding carboxylic acids is 1. The quantitative estimate of drug-likeness (QED) is 0.789. The monoisotopic (exact) mass is 378 g/mol. The Morgan fingerprint density at radius 2 is 1.71 bits per heavy atom. The third-order valence-corrected chi connectivity index (χ3v) is 6.00. The van der Waals surface area contributed by atoms with Gasteiger partial charge < -0.3 is 15.5 Å². The summed E-state index contributed by atoms with van der Waals surface area (Å²) in [4.78, 5) is 19.2. The highest BCUT2D eigenvalue weighted by atomic mass is 16.1. The summed E-state index contributed by atoms with van der Waals surface area (Å²) in [5, 5.41) is 6.42. The van der Waals surface area contributed by atoms with E-state index in [-0.39, 0.29) is 5.91 Å². The summed E-state index contributed by atoms with van der Waals surface area (Å²) in [6.45, 7) is 4.61. The first-order chi connectivity index (χ1) is 13.7. The van der Waals surface area contributed by atoms with Crippen LogP contribution in [-0.2, 0) is 0 Å². The van der Waals surface area contributed by atoms with Crippen LogP contribution in [0.2, 0.25) is 0 Å². The molecule has 0 radical (unpaired) electrons. The maximum Gasteiger partial charge on any atom is 0.253 e. The smallest absolute Gasteiger partial charge is 0.253 e. The molecule has 1 aromatic carbocycles. The number of amides is 1. The second-order valence-electron chi connectivity index (χ2n) is 8.23. The molecule has 2 N–H and O–H groups in total. The Kier molecular flexibility index (Phi) is 5.79. The summed E-state index contributed by atoms with van der Waals surface area (Å²) < 4.78 is 0. The molecule has 2 aromatic rings. The van der Waals surface area contributed by atoms with E-state index in [9.17, 15) is 4.79 Å². The van der Waals surface area contributed by atoms with Gasteiger partial charge in [0.15, 0.2) is 0 Å². The van der Waals surface area contributed by atoms with Gasteiger partial charge in [-0.15, -0.1) is 0 Å². The van der Waals surface area contributed by atoms with Gasteiger partial charge in [-0.05, 0) is 68.0 Å². The Balaban J connectivity index is 1.33. The summed E-state index contributed by atoms with van der Waals surface area (Å²) >= 11 is 0. The maximum atomic E-state index is 12.3. The van der Waals surface area contributed by atoms with Crippen molar-refractivity contribution in [3.63, 3.8) is 0 Å². The molecule has 1 aliphatic heterocycles. The van der Waals surface area contributed by atoms with Crippen LogP contribution in [0.5, 0.6) is 0 Å². The van der Waals surface area contributed by atoms with Crippen LogP contribution in [0.1, 0.15) is 55.8 Å². The molecule has 0 bridgehead atoms. The Bertz CT molecular complexity index is 773. The van der Waals surface area contributed by atoms with E-state index in [1.807, 2.05) is 12.1 Å². The molecule has 1 amide bonds. The van der Waals surface area contributed by atoms with Gasteiger partial charge in [0, 0.05) is 36.7 Å². The average Bonchev–Trinajstić information content (AvgIpc) is 3.23. The molecule has 2 aliphatic rings. The fourth-order valence-corrected chi connectivity index (χ4v) is 4.11. The molecule has 2 heterocycles. The van der Waals surface area contributed by atoms with Gasteiger partial charge in [0.1, 0.15) is 5.82 Å². The van der Waals surface area contributed by atoms with Crippen molar-refractivity contribution < 1.29 is 4.79 Å². The predicted octanol–water partition coefficient (Wildman–Crippen LogP) is 4.73. The third kappa shape index (κ3) is 4.64. The molecule has 5 nitrogen and oxygen atoms in total. The zero-order valence-corrected chi connectivity index (χ0v) is 16.7. The average molecular weight is 379 g/mol. The van der Waals surface area contributed by atoms with Crippen molar-refractivity contribution in [2.24, 2.45) is 5.92 Å². The number of benzene rings is 1. The Hall–Kier alpha value is -2.56. The molecule has 1 aliphatic carbocycles. The number of rotatable bonds is 5. The first-order valence-electron chi connectivity index (χ1n) is 10.6. The molecule has 2 fully saturated rings. The predicted molar refractivity (Wildman–Crippen MR) is 114 cm³/mol. The van der Waals surface area contributed by atoms with Crippen LogP contribution >= 0.6 is 0 Å². The minimum Gasteiger partial charge on any atom is -0.372 e. The van der Waals surface area contributed by atoms with Gasteiger partial charge in [-0.3, -0.25) is 4.79 Å². The third-order valence-electron chi connectivity index (χ3n) is 6.00. The lowest BCUT2D eigenvalue weighted by atomic mass is 9.99. The van der Waals surface area contributed by atoms with Crippen molar-refractivity contribution in [3.8, 4) is 0 Å². The number of anilines is 3. The van der Waals surface area contributed by atoms with Gasteiger partial charge in [0.05, 0.1) is 5.56 Å². The van der Waals surface area contributed by atoms with E-state index in [0.29, 0.717) is 11.6 Å². The molecule has 0 atom stereocenters. The minimum atomic E-state index is -0.0221. The van der Waals surface area contributed by atoms with Crippen molar-refractivity contribution in [1.82, 2.24) is 10.3 Å². The van der Waals surface area contributed by atoms with E-state index < -0.39 is 0 Å². The normalized spacial score (nSPS) is 18.2. The van der Waals surface area contributed by atoms with E-state index >= 15 is 0 Å². The van der Waals surface area contributed by atoms with Crippen molar-refractivity contribution in [2.75, 3.05) is 23.3 Å². The standard InChI is InChI=1S/C23H30N4O/c1-17-12-14-27(15-13-17)21-9-7-20(8-10-21)25-22-11-6-18(16-24-22)23(28)26-19-4-2-3-5-19/h6-11,16-17,19H,2-5,12-15H2,1H3,(H,24,25)(H,26,28). The summed E-state index contributed by atoms with van der Waals surface area (Å²) in [6, 6.07) is 12.5. The largest absolute Gasteiger partial charge is 0.372 e. The highest BCUT2D eigenvalue weighted by Crippen LogP contribution is 2.25.